The van der Waals surface area contributed by atoms with Crippen molar-refractivity contribution in [3.05, 3.63) is 58.7 Å². The fraction of sp³-hybridized carbons (Fsp3) is 0.125. The largest absolute Gasteiger partial charge is 0.490 e. The monoisotopic (exact) mass is 300 g/mol. The number of para-hydroxylation sites is 1. The number of furan rings is 1. The van der Waals surface area contributed by atoms with Crippen LogP contribution in [-0.4, -0.2) is 12.4 Å². The van der Waals surface area contributed by atoms with Crippen LogP contribution in [0.2, 0.25) is 0 Å². The summed E-state index contributed by atoms with van der Waals surface area (Å²) in [5.41, 5.74) is 0.849. The summed E-state index contributed by atoms with van der Waals surface area (Å²) < 4.78 is 16.4. The van der Waals surface area contributed by atoms with Gasteiger partial charge in [-0.05, 0) is 43.4 Å². The normalized spacial score (nSPS) is 10.7. The molecule has 1 aromatic carbocycles. The van der Waals surface area contributed by atoms with Gasteiger partial charge >= 0.3 is 0 Å². The summed E-state index contributed by atoms with van der Waals surface area (Å²) in [5, 5.41) is 0.754. The Hall–Kier alpha value is -2.40. The van der Waals surface area contributed by atoms with Crippen LogP contribution >= 0.6 is 12.2 Å². The zero-order chi connectivity index (χ0) is 14.8. The Labute approximate surface area is 125 Å². The van der Waals surface area contributed by atoms with Crippen LogP contribution < -0.4 is 4.74 Å². The number of ketones is 1. The summed E-state index contributed by atoms with van der Waals surface area (Å²) in [4.78, 5) is 12.3. The van der Waals surface area contributed by atoms with Crippen LogP contribution in [0.5, 0.6) is 5.75 Å². The van der Waals surface area contributed by atoms with Gasteiger partial charge in [-0.2, -0.15) is 0 Å². The number of rotatable bonds is 4. The molecule has 3 rings (SSSR count). The lowest BCUT2D eigenvalue weighted by Crippen LogP contribution is -2.01. The molecule has 106 valence electrons. The molecular formula is C16H12O4S. The van der Waals surface area contributed by atoms with Gasteiger partial charge in [-0.25, -0.2) is 0 Å². The molecule has 0 radical (unpaired) electrons. The average Bonchev–Trinajstić information content (AvgIpc) is 3.01. The van der Waals surface area contributed by atoms with E-state index in [0.29, 0.717) is 23.5 Å². The maximum Gasteiger partial charge on any atom is 0.232 e. The van der Waals surface area contributed by atoms with E-state index < -0.39 is 0 Å². The summed E-state index contributed by atoms with van der Waals surface area (Å²) in [7, 11) is 0. The van der Waals surface area contributed by atoms with Crippen LogP contribution in [0.4, 0.5) is 0 Å². The molecule has 5 heteroatoms. The van der Waals surface area contributed by atoms with E-state index in [1.807, 2.05) is 19.1 Å². The molecule has 0 saturated carbocycles. The first-order chi connectivity index (χ1) is 10.2. The highest BCUT2D eigenvalue weighted by molar-refractivity contribution is 7.71. The quantitative estimate of drug-likeness (QED) is 0.528. The lowest BCUT2D eigenvalue weighted by molar-refractivity contribution is 0.101. The fourth-order valence-electron chi connectivity index (χ4n) is 2.09. The number of fused-ring (bicyclic) bond motifs is 1. The molecule has 0 unspecified atom stereocenters. The second-order valence-corrected chi connectivity index (χ2v) is 4.73. The molecule has 0 bridgehead atoms. The molecule has 0 aliphatic carbocycles. The second-order valence-electron chi connectivity index (χ2n) is 4.36. The Bertz CT molecular complexity index is 846. The SMILES string of the molecule is CCOc1cccc2cc(C(=O)c3ccco3)c(=S)oc12. The average molecular weight is 300 g/mol. The van der Waals surface area contributed by atoms with Gasteiger partial charge in [0.25, 0.3) is 0 Å². The highest BCUT2D eigenvalue weighted by Crippen LogP contribution is 2.28. The summed E-state index contributed by atoms with van der Waals surface area (Å²) in [6.07, 6.45) is 1.45. The topological polar surface area (TPSA) is 52.6 Å². The molecular weight excluding hydrogens is 288 g/mol. The van der Waals surface area contributed by atoms with E-state index >= 15 is 0 Å². The van der Waals surface area contributed by atoms with Crippen LogP contribution in [0, 0.1) is 4.71 Å². The number of ether oxygens (including phenoxy) is 1. The smallest absolute Gasteiger partial charge is 0.232 e. The summed E-state index contributed by atoms with van der Waals surface area (Å²) in [5.74, 6) is 0.548. The highest BCUT2D eigenvalue weighted by atomic mass is 32.1. The van der Waals surface area contributed by atoms with Crippen LogP contribution in [-0.2, 0) is 0 Å². The Morgan fingerprint density at radius 2 is 2.14 bits per heavy atom. The summed E-state index contributed by atoms with van der Waals surface area (Å²) in [6.45, 7) is 2.41. The van der Waals surface area contributed by atoms with Gasteiger partial charge in [-0.3, -0.25) is 4.79 Å². The Balaban J connectivity index is 2.16. The van der Waals surface area contributed by atoms with Crippen molar-refractivity contribution in [3.8, 4) is 5.75 Å². The van der Waals surface area contributed by atoms with Gasteiger partial charge in [0.2, 0.25) is 10.5 Å². The molecule has 0 aliphatic heterocycles. The van der Waals surface area contributed by atoms with E-state index in [1.165, 1.54) is 6.26 Å². The number of hydrogen-bond donors (Lipinski definition) is 0. The van der Waals surface area contributed by atoms with E-state index in [1.54, 1.807) is 24.3 Å². The predicted octanol–water partition coefficient (Wildman–Crippen LogP) is 4.38. The number of hydrogen-bond acceptors (Lipinski definition) is 5. The van der Waals surface area contributed by atoms with Crippen molar-refractivity contribution >= 4 is 29.0 Å². The Morgan fingerprint density at radius 1 is 1.29 bits per heavy atom. The lowest BCUT2D eigenvalue weighted by atomic mass is 10.1. The van der Waals surface area contributed by atoms with Gasteiger partial charge in [0, 0.05) is 5.39 Å². The minimum atomic E-state index is -0.294. The van der Waals surface area contributed by atoms with E-state index in [-0.39, 0.29) is 16.3 Å². The molecule has 2 aromatic heterocycles. The summed E-state index contributed by atoms with van der Waals surface area (Å²) in [6, 6.07) is 10.4. The first kappa shape index (κ1) is 13.6. The Kier molecular flexibility index (Phi) is 3.58. The Morgan fingerprint density at radius 3 is 2.86 bits per heavy atom. The maximum atomic E-state index is 12.3. The molecule has 4 nitrogen and oxygen atoms in total. The maximum absolute atomic E-state index is 12.3. The zero-order valence-corrected chi connectivity index (χ0v) is 12.1. The summed E-state index contributed by atoms with van der Waals surface area (Å²) >= 11 is 5.19. The first-order valence-electron chi connectivity index (χ1n) is 6.48. The molecule has 0 spiro atoms. The van der Waals surface area contributed by atoms with Crippen molar-refractivity contribution in [2.45, 2.75) is 6.92 Å². The van der Waals surface area contributed by atoms with Crippen LogP contribution in [0.3, 0.4) is 0 Å². The van der Waals surface area contributed by atoms with Crippen molar-refractivity contribution < 1.29 is 18.4 Å². The van der Waals surface area contributed by atoms with Crippen LogP contribution in [0.1, 0.15) is 23.0 Å². The third-order valence-corrected chi connectivity index (χ3v) is 3.32. The van der Waals surface area contributed by atoms with Gasteiger partial charge in [0.15, 0.2) is 17.1 Å². The van der Waals surface area contributed by atoms with Crippen molar-refractivity contribution in [2.24, 2.45) is 0 Å². The van der Waals surface area contributed by atoms with Gasteiger partial charge < -0.3 is 13.6 Å². The number of benzene rings is 1. The minimum absolute atomic E-state index is 0.121. The molecule has 0 aliphatic rings. The van der Waals surface area contributed by atoms with Crippen molar-refractivity contribution in [1.29, 1.82) is 0 Å². The van der Waals surface area contributed by atoms with Crippen molar-refractivity contribution in [1.82, 2.24) is 0 Å². The van der Waals surface area contributed by atoms with E-state index in [9.17, 15) is 4.79 Å². The van der Waals surface area contributed by atoms with E-state index in [2.05, 4.69) is 0 Å². The fourth-order valence-corrected chi connectivity index (χ4v) is 2.32. The molecule has 0 atom stereocenters. The predicted molar refractivity (Wildman–Crippen MR) is 80.4 cm³/mol. The lowest BCUT2D eigenvalue weighted by Gasteiger charge is -2.07. The van der Waals surface area contributed by atoms with Gasteiger partial charge in [0.05, 0.1) is 18.4 Å². The molecule has 0 saturated heterocycles. The molecule has 0 N–H and O–H groups in total. The van der Waals surface area contributed by atoms with Crippen LogP contribution in [0.15, 0.2) is 51.5 Å². The third kappa shape index (κ3) is 2.48. The van der Waals surface area contributed by atoms with E-state index in [0.717, 1.165) is 5.39 Å². The molecule has 2 heterocycles. The van der Waals surface area contributed by atoms with Crippen molar-refractivity contribution in [2.75, 3.05) is 6.61 Å². The van der Waals surface area contributed by atoms with Crippen LogP contribution in [0.25, 0.3) is 11.0 Å². The standard InChI is InChI=1S/C16H12O4S/c1-2-18-13-6-3-5-10-9-11(16(21)20-15(10)13)14(17)12-7-4-8-19-12/h3-9H,2H2,1H3. The number of carbonyl (C=O) groups excluding carboxylic acids is 1. The molecule has 0 fully saturated rings. The molecule has 0 amide bonds. The second kappa shape index (κ2) is 5.54. The minimum Gasteiger partial charge on any atom is -0.490 e. The first-order valence-corrected chi connectivity index (χ1v) is 6.89. The highest BCUT2D eigenvalue weighted by Gasteiger charge is 2.17. The molecule has 3 aromatic rings. The van der Waals surface area contributed by atoms with E-state index in [4.69, 9.17) is 25.8 Å². The van der Waals surface area contributed by atoms with Crippen molar-refractivity contribution in [3.63, 3.8) is 0 Å². The number of carbonyl (C=O) groups is 1. The molecule has 21 heavy (non-hydrogen) atoms. The third-order valence-electron chi connectivity index (χ3n) is 3.01. The van der Waals surface area contributed by atoms with Gasteiger partial charge in [-0.15, -0.1) is 0 Å². The zero-order valence-electron chi connectivity index (χ0n) is 11.3. The van der Waals surface area contributed by atoms with Gasteiger partial charge in [-0.1, -0.05) is 12.1 Å². The van der Waals surface area contributed by atoms with Gasteiger partial charge in [0.1, 0.15) is 0 Å².